The van der Waals surface area contributed by atoms with Gasteiger partial charge in [-0.15, -0.1) is 0 Å². The van der Waals surface area contributed by atoms with Crippen LogP contribution < -0.4 is 0 Å². The van der Waals surface area contributed by atoms with E-state index in [2.05, 4.69) is 130 Å². The molecular formula is C57H94O5. The predicted octanol–water partition coefficient (Wildman–Crippen LogP) is 17.2. The molecule has 352 valence electrons. The normalized spacial score (nSPS) is 13.1. The molecule has 5 nitrogen and oxygen atoms in total. The molecule has 0 spiro atoms. The second-order valence-corrected chi connectivity index (χ2v) is 16.3. The summed E-state index contributed by atoms with van der Waals surface area (Å²) < 4.78 is 17.3. The second-order valence-electron chi connectivity index (χ2n) is 16.3. The highest BCUT2D eigenvalue weighted by atomic mass is 16.6. The van der Waals surface area contributed by atoms with Crippen LogP contribution in [0.25, 0.3) is 0 Å². The summed E-state index contributed by atoms with van der Waals surface area (Å²) in [5.74, 6) is -0.449. The maximum absolute atomic E-state index is 12.8. The van der Waals surface area contributed by atoms with Crippen molar-refractivity contribution >= 4 is 11.9 Å². The zero-order valence-corrected chi connectivity index (χ0v) is 40.3. The number of ether oxygens (including phenoxy) is 3. The molecule has 1 unspecified atom stereocenters. The predicted molar refractivity (Wildman–Crippen MR) is 269 cm³/mol. The third kappa shape index (κ3) is 49.2. The summed E-state index contributed by atoms with van der Waals surface area (Å²) >= 11 is 0. The molecule has 0 amide bonds. The highest BCUT2D eigenvalue weighted by Crippen LogP contribution is 2.12. The maximum atomic E-state index is 12.8. The number of hydrogen-bond acceptors (Lipinski definition) is 5. The molecule has 0 N–H and O–H groups in total. The molecule has 0 rings (SSSR count). The highest BCUT2D eigenvalue weighted by molar-refractivity contribution is 5.70. The lowest BCUT2D eigenvalue weighted by molar-refractivity contribution is -0.163. The summed E-state index contributed by atoms with van der Waals surface area (Å²) in [5.41, 5.74) is 0. The quantitative estimate of drug-likeness (QED) is 0.0347. The SMILES string of the molecule is CC/C=C\C/C=C\C/C=C\C/C=C\CCCCCCCCC(=O)OCC(COCCCCC/C=C\C/C=C\C/C=C\C/C=C\CC)OC(=O)CCCCCCC/C=C\CCCC. The molecule has 0 bridgehead atoms. The number of carbonyl (C=O) groups is 2. The molecule has 0 aliphatic rings. The zero-order chi connectivity index (χ0) is 44.9. The Morgan fingerprint density at radius 2 is 0.726 bits per heavy atom. The van der Waals surface area contributed by atoms with Gasteiger partial charge < -0.3 is 14.2 Å². The number of unbranched alkanes of at least 4 members (excludes halogenated alkanes) is 16. The Morgan fingerprint density at radius 1 is 0.371 bits per heavy atom. The number of allylic oxidation sites excluding steroid dienone is 18. The van der Waals surface area contributed by atoms with Crippen molar-refractivity contribution in [1.82, 2.24) is 0 Å². The largest absolute Gasteiger partial charge is 0.462 e. The average Bonchev–Trinajstić information content (AvgIpc) is 3.27. The summed E-state index contributed by atoms with van der Waals surface area (Å²) in [6, 6.07) is 0. The summed E-state index contributed by atoms with van der Waals surface area (Å²) in [7, 11) is 0. The van der Waals surface area contributed by atoms with Gasteiger partial charge in [0.15, 0.2) is 6.10 Å². The first-order chi connectivity index (χ1) is 30.6. The Labute approximate surface area is 383 Å². The molecule has 0 fully saturated rings. The maximum Gasteiger partial charge on any atom is 0.306 e. The summed E-state index contributed by atoms with van der Waals surface area (Å²) in [6.07, 6.45) is 71.0. The van der Waals surface area contributed by atoms with E-state index in [0.717, 1.165) is 128 Å². The number of carbonyl (C=O) groups excluding carboxylic acids is 2. The topological polar surface area (TPSA) is 61.8 Å². The minimum Gasteiger partial charge on any atom is -0.462 e. The molecule has 62 heavy (non-hydrogen) atoms. The fourth-order valence-corrected chi connectivity index (χ4v) is 6.53. The van der Waals surface area contributed by atoms with Gasteiger partial charge in [-0.25, -0.2) is 0 Å². The van der Waals surface area contributed by atoms with E-state index in [4.69, 9.17) is 14.2 Å². The first kappa shape index (κ1) is 58.6. The molecule has 0 aromatic rings. The number of rotatable bonds is 45. The fourth-order valence-electron chi connectivity index (χ4n) is 6.53. The molecule has 0 aliphatic carbocycles. The number of esters is 2. The standard InChI is InChI=1S/C57H94O5/c1-4-7-10-13-16-19-22-24-26-28-29-30-31-33-36-38-41-44-47-50-56(58)61-54-55(62-57(59)51-48-45-42-39-35-21-18-15-12-9-6-3)53-60-52-49-46-43-40-37-34-32-27-25-23-20-17-14-11-8-5-2/h7-8,10-11,15-20,24-27,29-30,34,37,55H,4-6,9,12-14,21-23,28,31-33,35-36,38-54H2,1-3H3/b10-7-,11-8-,18-15-,19-16-,20-17-,26-24-,27-25-,30-29-,37-34-. The van der Waals surface area contributed by atoms with E-state index in [1.54, 1.807) is 0 Å². The first-order valence-electron chi connectivity index (χ1n) is 25.4. The van der Waals surface area contributed by atoms with E-state index in [-0.39, 0.29) is 25.2 Å². The minimum atomic E-state index is -0.569. The Morgan fingerprint density at radius 3 is 1.18 bits per heavy atom. The van der Waals surface area contributed by atoms with Crippen LogP contribution in [0.2, 0.25) is 0 Å². The molecule has 0 saturated carbocycles. The van der Waals surface area contributed by atoms with E-state index in [9.17, 15) is 9.59 Å². The highest BCUT2D eigenvalue weighted by Gasteiger charge is 2.17. The smallest absolute Gasteiger partial charge is 0.306 e. The van der Waals surface area contributed by atoms with Gasteiger partial charge in [-0.2, -0.15) is 0 Å². The third-order valence-electron chi connectivity index (χ3n) is 10.3. The van der Waals surface area contributed by atoms with Crippen molar-refractivity contribution in [3.8, 4) is 0 Å². The van der Waals surface area contributed by atoms with E-state index in [1.807, 2.05) is 0 Å². The van der Waals surface area contributed by atoms with Gasteiger partial charge in [0, 0.05) is 19.4 Å². The molecule has 5 heteroatoms. The third-order valence-corrected chi connectivity index (χ3v) is 10.3. The first-order valence-corrected chi connectivity index (χ1v) is 25.4. The summed E-state index contributed by atoms with van der Waals surface area (Å²) in [4.78, 5) is 25.4. The van der Waals surface area contributed by atoms with E-state index in [1.165, 1.54) is 51.4 Å². The van der Waals surface area contributed by atoms with Gasteiger partial charge in [-0.1, -0.05) is 194 Å². The van der Waals surface area contributed by atoms with Crippen molar-refractivity contribution in [2.75, 3.05) is 19.8 Å². The van der Waals surface area contributed by atoms with Crippen LogP contribution in [0.3, 0.4) is 0 Å². The van der Waals surface area contributed by atoms with Gasteiger partial charge >= 0.3 is 11.9 Å². The van der Waals surface area contributed by atoms with Crippen LogP contribution in [-0.4, -0.2) is 37.9 Å². The molecule has 0 aromatic heterocycles. The van der Waals surface area contributed by atoms with Gasteiger partial charge in [0.05, 0.1) is 6.61 Å². The van der Waals surface area contributed by atoms with Crippen LogP contribution in [0.4, 0.5) is 0 Å². The molecule has 1 atom stereocenters. The fraction of sp³-hybridized carbons (Fsp3) is 0.649. The summed E-state index contributed by atoms with van der Waals surface area (Å²) in [6.45, 7) is 7.46. The van der Waals surface area contributed by atoms with Gasteiger partial charge in [-0.3, -0.25) is 9.59 Å². The van der Waals surface area contributed by atoms with Crippen molar-refractivity contribution < 1.29 is 23.8 Å². The molecule has 0 heterocycles. The zero-order valence-electron chi connectivity index (χ0n) is 40.3. The Balaban J connectivity index is 4.34. The van der Waals surface area contributed by atoms with Gasteiger partial charge in [-0.05, 0) is 116 Å². The summed E-state index contributed by atoms with van der Waals surface area (Å²) in [5, 5.41) is 0. The van der Waals surface area contributed by atoms with Crippen LogP contribution >= 0.6 is 0 Å². The van der Waals surface area contributed by atoms with Crippen molar-refractivity contribution in [1.29, 1.82) is 0 Å². The van der Waals surface area contributed by atoms with Crippen LogP contribution in [0.5, 0.6) is 0 Å². The average molecular weight is 859 g/mol. The van der Waals surface area contributed by atoms with Crippen molar-refractivity contribution in [2.45, 2.75) is 219 Å². The van der Waals surface area contributed by atoms with Crippen LogP contribution in [0, 0.1) is 0 Å². The van der Waals surface area contributed by atoms with Crippen LogP contribution in [0.15, 0.2) is 109 Å². The lowest BCUT2D eigenvalue weighted by atomic mass is 10.1. The molecule has 0 radical (unpaired) electrons. The molecule has 0 saturated heterocycles. The lowest BCUT2D eigenvalue weighted by Gasteiger charge is -2.18. The van der Waals surface area contributed by atoms with E-state index >= 15 is 0 Å². The minimum absolute atomic E-state index is 0.0550. The second kappa shape index (κ2) is 51.9. The van der Waals surface area contributed by atoms with Gasteiger partial charge in [0.1, 0.15) is 6.61 Å². The van der Waals surface area contributed by atoms with Crippen molar-refractivity contribution in [3.63, 3.8) is 0 Å². The van der Waals surface area contributed by atoms with Crippen molar-refractivity contribution in [2.24, 2.45) is 0 Å². The van der Waals surface area contributed by atoms with Crippen molar-refractivity contribution in [3.05, 3.63) is 109 Å². The van der Waals surface area contributed by atoms with Gasteiger partial charge in [0.25, 0.3) is 0 Å². The van der Waals surface area contributed by atoms with Crippen LogP contribution in [-0.2, 0) is 23.8 Å². The van der Waals surface area contributed by atoms with Crippen LogP contribution in [0.1, 0.15) is 213 Å². The molecule has 0 aliphatic heterocycles. The Hall–Kier alpha value is -3.44. The Bertz CT molecular complexity index is 1250. The molecule has 0 aromatic carbocycles. The Kier molecular flexibility index (Phi) is 49.0. The molecular weight excluding hydrogens is 765 g/mol. The van der Waals surface area contributed by atoms with E-state index in [0.29, 0.717) is 19.4 Å². The van der Waals surface area contributed by atoms with E-state index < -0.39 is 6.10 Å². The lowest BCUT2D eigenvalue weighted by Crippen LogP contribution is -2.30. The monoisotopic (exact) mass is 859 g/mol. The number of hydrogen-bond donors (Lipinski definition) is 0. The van der Waals surface area contributed by atoms with Gasteiger partial charge in [0.2, 0.25) is 0 Å².